The molecule has 0 bridgehead atoms. The van der Waals surface area contributed by atoms with E-state index in [1.165, 1.54) is 12.8 Å². The third kappa shape index (κ3) is 3.72. The molecule has 6 heteroatoms. The molecule has 6 nitrogen and oxygen atoms in total. The fourth-order valence-corrected chi connectivity index (χ4v) is 4.38. The van der Waals surface area contributed by atoms with Gasteiger partial charge in [-0.05, 0) is 38.0 Å². The molecule has 0 aromatic rings. The van der Waals surface area contributed by atoms with Crippen molar-refractivity contribution in [2.24, 2.45) is 11.3 Å². The van der Waals surface area contributed by atoms with Crippen molar-refractivity contribution in [3.8, 4) is 0 Å². The lowest BCUT2D eigenvalue weighted by Gasteiger charge is -2.48. The normalized spacial score (nSPS) is 29.4. The van der Waals surface area contributed by atoms with Gasteiger partial charge in [-0.25, -0.2) is 0 Å². The molecule has 1 saturated carbocycles. The minimum atomic E-state index is -0.107. The van der Waals surface area contributed by atoms with E-state index in [9.17, 15) is 14.4 Å². The van der Waals surface area contributed by atoms with Gasteiger partial charge in [-0.1, -0.05) is 7.43 Å². The summed E-state index contributed by atoms with van der Waals surface area (Å²) in [5, 5.41) is 2.60. The SMILES string of the molecule is C.O=C1CC(C(=O)N2CCCC3(CCC(=O)N(CC4CC4)C3)C2)=CN1. The molecule has 1 N–H and O–H groups in total. The van der Waals surface area contributed by atoms with Crippen molar-refractivity contribution in [2.45, 2.75) is 52.4 Å². The molecule has 0 aromatic heterocycles. The number of rotatable bonds is 3. The van der Waals surface area contributed by atoms with Gasteiger partial charge in [0.2, 0.25) is 11.8 Å². The molecule has 1 spiro atoms. The maximum atomic E-state index is 12.7. The summed E-state index contributed by atoms with van der Waals surface area (Å²) in [7, 11) is 0. The number of nitrogens with zero attached hydrogens (tertiary/aromatic N) is 2. The van der Waals surface area contributed by atoms with Crippen LogP contribution in [-0.2, 0) is 14.4 Å². The smallest absolute Gasteiger partial charge is 0.251 e. The summed E-state index contributed by atoms with van der Waals surface area (Å²) in [6.07, 6.45) is 7.79. The number of likely N-dealkylation sites (tertiary alicyclic amines) is 2. The molecule has 1 aliphatic carbocycles. The first-order chi connectivity index (χ1) is 11.5. The Hall–Kier alpha value is -1.85. The third-order valence-corrected chi connectivity index (χ3v) is 5.91. The highest BCUT2D eigenvalue weighted by Crippen LogP contribution is 2.41. The highest BCUT2D eigenvalue weighted by Gasteiger charge is 2.44. The summed E-state index contributed by atoms with van der Waals surface area (Å²) in [6, 6.07) is 0. The van der Waals surface area contributed by atoms with Crippen LogP contribution in [0.25, 0.3) is 0 Å². The van der Waals surface area contributed by atoms with Crippen molar-refractivity contribution in [1.82, 2.24) is 15.1 Å². The topological polar surface area (TPSA) is 69.7 Å². The van der Waals surface area contributed by atoms with E-state index in [2.05, 4.69) is 10.2 Å². The van der Waals surface area contributed by atoms with Crippen LogP contribution in [0.1, 0.15) is 52.4 Å². The monoisotopic (exact) mass is 347 g/mol. The summed E-state index contributed by atoms with van der Waals surface area (Å²) < 4.78 is 0. The second kappa shape index (κ2) is 6.81. The molecule has 0 aromatic carbocycles. The number of nitrogens with one attached hydrogen (secondary N) is 1. The maximum absolute atomic E-state index is 12.7. The lowest BCUT2D eigenvalue weighted by Crippen LogP contribution is -2.55. The Morgan fingerprint density at radius 1 is 1.24 bits per heavy atom. The summed E-state index contributed by atoms with van der Waals surface area (Å²) in [4.78, 5) is 40.2. The van der Waals surface area contributed by atoms with Crippen LogP contribution in [0, 0.1) is 11.3 Å². The van der Waals surface area contributed by atoms with Crippen molar-refractivity contribution in [3.63, 3.8) is 0 Å². The first-order valence-corrected chi connectivity index (χ1v) is 9.10. The summed E-state index contributed by atoms with van der Waals surface area (Å²) in [6.45, 7) is 3.16. The molecule has 138 valence electrons. The van der Waals surface area contributed by atoms with Gasteiger partial charge in [0, 0.05) is 49.8 Å². The fraction of sp³-hybridized carbons (Fsp3) is 0.737. The first kappa shape index (κ1) is 18.0. The standard InChI is InChI=1S/C18H25N3O3.CH4/c22-15-8-14(9-19-15)17(24)20-7-1-5-18(11-20)6-4-16(23)21(12-18)10-13-2-3-13;/h9,13H,1-8,10-12H2,(H,19,22);1H4. The number of piperidine rings is 2. The lowest BCUT2D eigenvalue weighted by atomic mass is 9.73. The average Bonchev–Trinajstić information content (AvgIpc) is 3.29. The van der Waals surface area contributed by atoms with Crippen LogP contribution < -0.4 is 5.32 Å². The number of carbonyl (C=O) groups is 3. The van der Waals surface area contributed by atoms with E-state index < -0.39 is 0 Å². The van der Waals surface area contributed by atoms with Crippen molar-refractivity contribution in [3.05, 3.63) is 11.8 Å². The molecule has 25 heavy (non-hydrogen) atoms. The molecule has 3 amide bonds. The average molecular weight is 347 g/mol. The molecule has 4 rings (SSSR count). The van der Waals surface area contributed by atoms with Crippen molar-refractivity contribution >= 4 is 17.7 Å². The van der Waals surface area contributed by atoms with E-state index >= 15 is 0 Å². The Morgan fingerprint density at radius 3 is 2.72 bits per heavy atom. The zero-order chi connectivity index (χ0) is 16.7. The zero-order valence-corrected chi connectivity index (χ0v) is 14.1. The number of hydrogen-bond acceptors (Lipinski definition) is 3. The van der Waals surface area contributed by atoms with Gasteiger partial charge in [-0.2, -0.15) is 0 Å². The maximum Gasteiger partial charge on any atom is 0.251 e. The van der Waals surface area contributed by atoms with Crippen molar-refractivity contribution in [1.29, 1.82) is 0 Å². The second-order valence-electron chi connectivity index (χ2n) is 7.96. The Labute approximate surface area is 149 Å². The first-order valence-electron chi connectivity index (χ1n) is 9.10. The summed E-state index contributed by atoms with van der Waals surface area (Å²) >= 11 is 0. The predicted molar refractivity (Wildman–Crippen MR) is 94.4 cm³/mol. The predicted octanol–water partition coefficient (Wildman–Crippen LogP) is 1.67. The van der Waals surface area contributed by atoms with E-state index in [0.29, 0.717) is 24.5 Å². The third-order valence-electron chi connectivity index (χ3n) is 5.91. The van der Waals surface area contributed by atoms with Gasteiger partial charge in [0.1, 0.15) is 0 Å². The number of amides is 3. The van der Waals surface area contributed by atoms with Gasteiger partial charge >= 0.3 is 0 Å². The van der Waals surface area contributed by atoms with Crippen LogP contribution in [0.3, 0.4) is 0 Å². The zero-order valence-electron chi connectivity index (χ0n) is 14.1. The van der Waals surface area contributed by atoms with Crippen LogP contribution in [0.4, 0.5) is 0 Å². The van der Waals surface area contributed by atoms with Crippen molar-refractivity contribution in [2.75, 3.05) is 26.2 Å². The Bertz CT molecular complexity index is 611. The molecule has 0 radical (unpaired) electrons. The molecule has 3 aliphatic heterocycles. The molecule has 1 unspecified atom stereocenters. The minimum absolute atomic E-state index is 0. The molecule has 4 aliphatic rings. The molecule has 3 fully saturated rings. The van der Waals surface area contributed by atoms with Crippen LogP contribution in [0.2, 0.25) is 0 Å². The minimum Gasteiger partial charge on any atom is -0.342 e. The fourth-order valence-electron chi connectivity index (χ4n) is 4.38. The molecular weight excluding hydrogens is 318 g/mol. The van der Waals surface area contributed by atoms with Gasteiger partial charge in [0.25, 0.3) is 5.91 Å². The van der Waals surface area contributed by atoms with Gasteiger partial charge in [-0.3, -0.25) is 14.4 Å². The summed E-state index contributed by atoms with van der Waals surface area (Å²) in [5.41, 5.74) is 0.617. The van der Waals surface area contributed by atoms with Gasteiger partial charge in [-0.15, -0.1) is 0 Å². The lowest BCUT2D eigenvalue weighted by molar-refractivity contribution is -0.142. The largest absolute Gasteiger partial charge is 0.342 e. The van der Waals surface area contributed by atoms with Crippen LogP contribution in [-0.4, -0.2) is 53.7 Å². The number of hydrogen-bond donors (Lipinski definition) is 1. The highest BCUT2D eigenvalue weighted by molar-refractivity contribution is 6.01. The Morgan fingerprint density at radius 2 is 2.04 bits per heavy atom. The van der Waals surface area contributed by atoms with Crippen LogP contribution >= 0.6 is 0 Å². The van der Waals surface area contributed by atoms with Gasteiger partial charge < -0.3 is 15.1 Å². The van der Waals surface area contributed by atoms with Gasteiger partial charge in [0.05, 0.1) is 6.42 Å². The Kier molecular flexibility index (Phi) is 4.89. The quantitative estimate of drug-likeness (QED) is 0.844. The van der Waals surface area contributed by atoms with E-state index in [1.54, 1.807) is 6.20 Å². The molecule has 3 heterocycles. The van der Waals surface area contributed by atoms with E-state index in [-0.39, 0.29) is 37.0 Å². The second-order valence-corrected chi connectivity index (χ2v) is 7.96. The molecule has 1 atom stereocenters. The van der Waals surface area contributed by atoms with Crippen molar-refractivity contribution < 1.29 is 14.4 Å². The van der Waals surface area contributed by atoms with E-state index in [1.807, 2.05) is 4.90 Å². The molecule has 2 saturated heterocycles. The summed E-state index contributed by atoms with van der Waals surface area (Å²) in [5.74, 6) is 0.859. The molecular formula is C19H29N3O3. The van der Waals surface area contributed by atoms with Crippen LogP contribution in [0.5, 0.6) is 0 Å². The Balaban J connectivity index is 0.00000182. The van der Waals surface area contributed by atoms with E-state index in [4.69, 9.17) is 0 Å². The highest BCUT2D eigenvalue weighted by atomic mass is 16.2. The van der Waals surface area contributed by atoms with E-state index in [0.717, 1.165) is 38.9 Å². The number of carbonyl (C=O) groups excluding carboxylic acids is 3. The van der Waals surface area contributed by atoms with Crippen LogP contribution in [0.15, 0.2) is 11.8 Å². The van der Waals surface area contributed by atoms with Gasteiger partial charge in [0.15, 0.2) is 0 Å².